The van der Waals surface area contributed by atoms with Gasteiger partial charge in [0.05, 0.1) is 25.9 Å². The van der Waals surface area contributed by atoms with Gasteiger partial charge in [0.1, 0.15) is 0 Å². The van der Waals surface area contributed by atoms with E-state index < -0.39 is 0 Å². The monoisotopic (exact) mass is 337 g/mol. The Labute approximate surface area is 148 Å². The van der Waals surface area contributed by atoms with Gasteiger partial charge in [0.2, 0.25) is 0 Å². The van der Waals surface area contributed by atoms with Crippen LogP contribution in [0.25, 0.3) is 0 Å². The van der Waals surface area contributed by atoms with Crippen molar-refractivity contribution in [3.63, 3.8) is 0 Å². The van der Waals surface area contributed by atoms with E-state index in [1.165, 1.54) is 12.8 Å². The lowest BCUT2D eigenvalue weighted by molar-refractivity contribution is -0.197. The van der Waals surface area contributed by atoms with Crippen molar-refractivity contribution in [2.24, 2.45) is 11.3 Å². The number of hydrogen-bond acceptors (Lipinski definition) is 4. The molecule has 1 spiro atoms. The number of nitrogens with zero attached hydrogens (tertiary/aromatic N) is 1. The first kappa shape index (κ1) is 19.7. The van der Waals surface area contributed by atoms with E-state index in [4.69, 9.17) is 20.6 Å². The van der Waals surface area contributed by atoms with E-state index in [0.29, 0.717) is 25.2 Å². The average molecular weight is 338 g/mol. The highest BCUT2D eigenvalue weighted by Crippen LogP contribution is 2.45. The summed E-state index contributed by atoms with van der Waals surface area (Å²) in [7, 11) is 1.72. The average Bonchev–Trinajstić information content (AvgIpc) is 2.92. The first-order chi connectivity index (χ1) is 11.4. The number of ether oxygens (including phenoxy) is 3. The van der Waals surface area contributed by atoms with Gasteiger partial charge in [-0.25, -0.2) is 0 Å². The van der Waals surface area contributed by atoms with E-state index in [1.807, 2.05) is 0 Å². The lowest BCUT2D eigenvalue weighted by Gasteiger charge is -2.41. The summed E-state index contributed by atoms with van der Waals surface area (Å²) < 4.78 is 17.6. The SMILES string of the molecule is C#CCN(CCOC)CCC1COC2(CCC(C(C)(C)C)CC2)O1. The molecule has 138 valence electrons. The van der Waals surface area contributed by atoms with Gasteiger partial charge in [-0.05, 0) is 30.6 Å². The molecule has 4 nitrogen and oxygen atoms in total. The van der Waals surface area contributed by atoms with E-state index in [1.54, 1.807) is 7.11 Å². The summed E-state index contributed by atoms with van der Waals surface area (Å²) in [6, 6.07) is 0. The van der Waals surface area contributed by atoms with Crippen LogP contribution in [0.1, 0.15) is 52.9 Å². The zero-order valence-corrected chi connectivity index (χ0v) is 16.0. The van der Waals surface area contributed by atoms with Gasteiger partial charge >= 0.3 is 0 Å². The fourth-order valence-corrected chi connectivity index (χ4v) is 3.89. The molecule has 1 aliphatic heterocycles. The van der Waals surface area contributed by atoms with Gasteiger partial charge in [-0.1, -0.05) is 26.7 Å². The van der Waals surface area contributed by atoms with Gasteiger partial charge < -0.3 is 14.2 Å². The van der Waals surface area contributed by atoms with Crippen molar-refractivity contribution >= 4 is 0 Å². The maximum absolute atomic E-state index is 6.35. The largest absolute Gasteiger partial charge is 0.383 e. The molecule has 0 amide bonds. The second-order valence-corrected chi connectivity index (χ2v) is 8.36. The molecule has 1 atom stereocenters. The fourth-order valence-electron chi connectivity index (χ4n) is 3.89. The van der Waals surface area contributed by atoms with Crippen LogP contribution >= 0.6 is 0 Å². The first-order valence-corrected chi connectivity index (χ1v) is 9.35. The number of methoxy groups -OCH3 is 1. The van der Waals surface area contributed by atoms with Gasteiger partial charge in [-0.3, -0.25) is 4.90 Å². The van der Waals surface area contributed by atoms with E-state index >= 15 is 0 Å². The highest BCUT2D eigenvalue weighted by atomic mass is 16.7. The molecular formula is C20H35NO3. The Morgan fingerprint density at radius 2 is 1.96 bits per heavy atom. The standard InChI is InChI=1S/C20H35NO3/c1-6-12-21(14-15-22-5)13-9-18-16-23-20(24-18)10-7-17(8-11-20)19(2,3)4/h1,17-18H,7-16H2,2-5H3. The maximum atomic E-state index is 6.35. The minimum Gasteiger partial charge on any atom is -0.383 e. The second kappa shape index (κ2) is 8.67. The third-order valence-corrected chi connectivity index (χ3v) is 5.58. The van der Waals surface area contributed by atoms with E-state index in [0.717, 1.165) is 38.3 Å². The van der Waals surface area contributed by atoms with Crippen LogP contribution in [-0.4, -0.2) is 56.7 Å². The smallest absolute Gasteiger partial charge is 0.168 e. The Balaban J connectivity index is 1.76. The molecule has 2 aliphatic rings. The normalized spacial score (nSPS) is 30.8. The minimum absolute atomic E-state index is 0.194. The van der Waals surface area contributed by atoms with Crippen molar-refractivity contribution < 1.29 is 14.2 Å². The van der Waals surface area contributed by atoms with Crippen LogP contribution in [0.15, 0.2) is 0 Å². The van der Waals surface area contributed by atoms with Crippen LogP contribution in [0.5, 0.6) is 0 Å². The van der Waals surface area contributed by atoms with Crippen LogP contribution < -0.4 is 0 Å². The Morgan fingerprint density at radius 3 is 2.54 bits per heavy atom. The molecule has 1 unspecified atom stereocenters. The molecular weight excluding hydrogens is 302 g/mol. The van der Waals surface area contributed by atoms with Gasteiger partial charge in [0.25, 0.3) is 0 Å². The van der Waals surface area contributed by atoms with Gasteiger partial charge in [0.15, 0.2) is 5.79 Å². The summed E-state index contributed by atoms with van der Waals surface area (Å²) >= 11 is 0. The summed E-state index contributed by atoms with van der Waals surface area (Å²) in [5.74, 6) is 3.19. The molecule has 1 saturated carbocycles. The number of terminal acetylenes is 1. The summed E-state index contributed by atoms with van der Waals surface area (Å²) in [6.45, 7) is 10.9. The molecule has 0 radical (unpaired) electrons. The Morgan fingerprint density at radius 1 is 1.25 bits per heavy atom. The minimum atomic E-state index is -0.310. The van der Waals surface area contributed by atoms with Crippen LogP contribution in [0.4, 0.5) is 0 Å². The zero-order chi connectivity index (χ0) is 17.6. The summed E-state index contributed by atoms with van der Waals surface area (Å²) in [5.41, 5.74) is 0.386. The molecule has 0 bridgehead atoms. The summed E-state index contributed by atoms with van der Waals surface area (Å²) in [5, 5.41) is 0. The topological polar surface area (TPSA) is 30.9 Å². The molecule has 1 aliphatic carbocycles. The molecule has 1 saturated heterocycles. The molecule has 0 aromatic rings. The van der Waals surface area contributed by atoms with Crippen molar-refractivity contribution in [1.29, 1.82) is 0 Å². The quantitative estimate of drug-likeness (QED) is 0.667. The van der Waals surface area contributed by atoms with Crippen LogP contribution in [0, 0.1) is 23.7 Å². The number of hydrogen-bond donors (Lipinski definition) is 0. The lowest BCUT2D eigenvalue weighted by atomic mass is 9.71. The molecule has 2 rings (SSSR count). The molecule has 0 aromatic carbocycles. The number of rotatable bonds is 7. The van der Waals surface area contributed by atoms with Gasteiger partial charge in [0, 0.05) is 33.0 Å². The zero-order valence-electron chi connectivity index (χ0n) is 16.0. The van der Waals surface area contributed by atoms with Crippen molar-refractivity contribution in [3.8, 4) is 12.3 Å². The van der Waals surface area contributed by atoms with Crippen LogP contribution in [0.2, 0.25) is 0 Å². The van der Waals surface area contributed by atoms with Gasteiger partial charge in [-0.2, -0.15) is 0 Å². The Hall–Kier alpha value is -0.600. The van der Waals surface area contributed by atoms with Crippen LogP contribution in [-0.2, 0) is 14.2 Å². The molecule has 0 N–H and O–H groups in total. The molecule has 24 heavy (non-hydrogen) atoms. The lowest BCUT2D eigenvalue weighted by Crippen LogP contribution is -2.39. The van der Waals surface area contributed by atoms with E-state index in [-0.39, 0.29) is 11.9 Å². The Bertz CT molecular complexity index is 416. The molecule has 2 fully saturated rings. The second-order valence-electron chi connectivity index (χ2n) is 8.36. The molecule has 1 heterocycles. The van der Waals surface area contributed by atoms with E-state index in [2.05, 4.69) is 31.6 Å². The highest BCUT2D eigenvalue weighted by Gasteiger charge is 2.45. The van der Waals surface area contributed by atoms with Crippen molar-refractivity contribution in [2.45, 2.75) is 64.8 Å². The van der Waals surface area contributed by atoms with Crippen molar-refractivity contribution in [1.82, 2.24) is 4.90 Å². The third-order valence-electron chi connectivity index (χ3n) is 5.58. The van der Waals surface area contributed by atoms with Crippen molar-refractivity contribution in [2.75, 3.05) is 40.0 Å². The predicted octanol–water partition coefficient (Wildman–Crippen LogP) is 3.31. The van der Waals surface area contributed by atoms with Crippen molar-refractivity contribution in [3.05, 3.63) is 0 Å². The fraction of sp³-hybridized carbons (Fsp3) is 0.900. The molecule has 0 aromatic heterocycles. The summed E-state index contributed by atoms with van der Waals surface area (Å²) in [4.78, 5) is 2.24. The van der Waals surface area contributed by atoms with Gasteiger partial charge in [-0.15, -0.1) is 6.42 Å². The predicted molar refractivity (Wildman–Crippen MR) is 96.7 cm³/mol. The van der Waals surface area contributed by atoms with Crippen LogP contribution in [0.3, 0.4) is 0 Å². The molecule has 4 heteroatoms. The Kier molecular flexibility index (Phi) is 7.12. The maximum Gasteiger partial charge on any atom is 0.168 e. The first-order valence-electron chi connectivity index (χ1n) is 9.35. The highest BCUT2D eigenvalue weighted by molar-refractivity contribution is 4.90. The summed E-state index contributed by atoms with van der Waals surface area (Å²) in [6.07, 6.45) is 11.1. The third kappa shape index (κ3) is 5.46. The van der Waals surface area contributed by atoms with E-state index in [9.17, 15) is 0 Å².